The molecule has 40 heavy (non-hydrogen) atoms. The molecule has 0 aliphatic rings. The summed E-state index contributed by atoms with van der Waals surface area (Å²) in [5, 5.41) is 2.94. The van der Waals surface area contributed by atoms with Crippen molar-refractivity contribution < 1.29 is 22.7 Å². The van der Waals surface area contributed by atoms with Crippen molar-refractivity contribution in [1.82, 2.24) is 14.5 Å². The third-order valence-electron chi connectivity index (χ3n) is 6.25. The van der Waals surface area contributed by atoms with Crippen LogP contribution in [-0.4, -0.2) is 69.3 Å². The van der Waals surface area contributed by atoms with Crippen LogP contribution in [0, 0.1) is 0 Å². The van der Waals surface area contributed by atoms with Gasteiger partial charge < -0.3 is 15.0 Å². The number of nitrogens with zero attached hydrogens (tertiary/aromatic N) is 3. The first-order valence-corrected chi connectivity index (χ1v) is 14.4. The largest absolute Gasteiger partial charge is 0.497 e. The average Bonchev–Trinajstić information content (AvgIpc) is 2.94. The first-order valence-electron chi connectivity index (χ1n) is 13.0. The first kappa shape index (κ1) is 30.6. The van der Waals surface area contributed by atoms with Crippen molar-refractivity contribution in [3.63, 3.8) is 0 Å². The summed E-state index contributed by atoms with van der Waals surface area (Å²) in [6, 6.07) is 24.1. The highest BCUT2D eigenvalue weighted by Gasteiger charge is 2.34. The SMILES string of the molecule is COc1cccc(CN(C(=O)CN(c2ccccc2)S(=O)(=O)N(C)C)[C@@H](Cc2ccccc2)C(=O)NC(C)C)c1. The Morgan fingerprint density at radius 2 is 1.48 bits per heavy atom. The molecular formula is C30H38N4O5S. The van der Waals surface area contributed by atoms with Gasteiger partial charge in [-0.15, -0.1) is 0 Å². The van der Waals surface area contributed by atoms with Crippen molar-refractivity contribution in [1.29, 1.82) is 0 Å². The fourth-order valence-corrected chi connectivity index (χ4v) is 5.27. The minimum atomic E-state index is -4.03. The summed E-state index contributed by atoms with van der Waals surface area (Å²) in [5.74, 6) is -0.231. The first-order chi connectivity index (χ1) is 19.0. The van der Waals surface area contributed by atoms with E-state index >= 15 is 0 Å². The van der Waals surface area contributed by atoms with Gasteiger partial charge in [0, 0.05) is 33.1 Å². The summed E-state index contributed by atoms with van der Waals surface area (Å²) < 4.78 is 34.2. The second-order valence-corrected chi connectivity index (χ2v) is 11.9. The van der Waals surface area contributed by atoms with Crippen molar-refractivity contribution in [3.05, 3.63) is 96.1 Å². The molecule has 0 saturated carbocycles. The summed E-state index contributed by atoms with van der Waals surface area (Å²) in [6.45, 7) is 3.29. The molecule has 214 valence electrons. The third kappa shape index (κ3) is 8.06. The normalized spacial score (nSPS) is 12.2. The minimum absolute atomic E-state index is 0.0731. The molecule has 10 heteroatoms. The summed E-state index contributed by atoms with van der Waals surface area (Å²) in [7, 11) is 0.356. The zero-order valence-corrected chi connectivity index (χ0v) is 24.5. The Hall–Kier alpha value is -3.89. The molecule has 0 heterocycles. The maximum Gasteiger partial charge on any atom is 0.304 e. The lowest BCUT2D eigenvalue weighted by atomic mass is 10.0. The number of hydrogen-bond acceptors (Lipinski definition) is 5. The van der Waals surface area contributed by atoms with E-state index in [4.69, 9.17) is 4.74 Å². The molecular weight excluding hydrogens is 528 g/mol. The van der Waals surface area contributed by atoms with Crippen LogP contribution in [0.4, 0.5) is 5.69 Å². The molecule has 3 aromatic carbocycles. The van der Waals surface area contributed by atoms with E-state index in [-0.39, 0.29) is 24.9 Å². The molecule has 0 spiro atoms. The predicted molar refractivity (Wildman–Crippen MR) is 157 cm³/mol. The lowest BCUT2D eigenvalue weighted by Crippen LogP contribution is -2.55. The van der Waals surface area contributed by atoms with Crippen molar-refractivity contribution >= 4 is 27.7 Å². The lowest BCUT2D eigenvalue weighted by Gasteiger charge is -2.34. The molecule has 0 bridgehead atoms. The summed E-state index contributed by atoms with van der Waals surface area (Å²) in [4.78, 5) is 29.2. The molecule has 0 radical (unpaired) electrons. The predicted octanol–water partition coefficient (Wildman–Crippen LogP) is 3.47. The van der Waals surface area contributed by atoms with Crippen LogP contribution in [0.2, 0.25) is 0 Å². The van der Waals surface area contributed by atoms with Gasteiger partial charge in [0.25, 0.3) is 0 Å². The third-order valence-corrected chi connectivity index (χ3v) is 8.07. The summed E-state index contributed by atoms with van der Waals surface area (Å²) in [6.07, 6.45) is 0.251. The van der Waals surface area contributed by atoms with Crippen molar-refractivity contribution in [3.8, 4) is 5.75 Å². The molecule has 0 fully saturated rings. The van der Waals surface area contributed by atoms with Crippen LogP contribution >= 0.6 is 0 Å². The van der Waals surface area contributed by atoms with Crippen LogP contribution in [0.5, 0.6) is 5.75 Å². The van der Waals surface area contributed by atoms with Gasteiger partial charge in [-0.25, -0.2) is 4.31 Å². The molecule has 3 rings (SSSR count). The number of ether oxygens (including phenoxy) is 1. The molecule has 3 aromatic rings. The van der Waals surface area contributed by atoms with Gasteiger partial charge in [0.15, 0.2) is 0 Å². The number of hydrogen-bond donors (Lipinski definition) is 1. The molecule has 0 aromatic heterocycles. The van der Waals surface area contributed by atoms with Crippen molar-refractivity contribution in [2.75, 3.05) is 32.1 Å². The molecule has 2 amide bonds. The number of methoxy groups -OCH3 is 1. The van der Waals surface area contributed by atoms with Gasteiger partial charge in [0.1, 0.15) is 18.3 Å². The van der Waals surface area contributed by atoms with Crippen molar-refractivity contribution in [2.24, 2.45) is 0 Å². The average molecular weight is 567 g/mol. The number of carbonyl (C=O) groups excluding carboxylic acids is 2. The Balaban J connectivity index is 2.09. The van der Waals surface area contributed by atoms with E-state index in [0.29, 0.717) is 11.4 Å². The quantitative estimate of drug-likeness (QED) is 0.342. The Bertz CT molecular complexity index is 1370. The van der Waals surface area contributed by atoms with E-state index in [1.807, 2.05) is 56.3 Å². The molecule has 0 aliphatic heterocycles. The smallest absolute Gasteiger partial charge is 0.304 e. The van der Waals surface area contributed by atoms with Gasteiger partial charge in [-0.1, -0.05) is 60.7 Å². The van der Waals surface area contributed by atoms with E-state index in [1.54, 1.807) is 49.6 Å². The summed E-state index contributed by atoms with van der Waals surface area (Å²) in [5.41, 5.74) is 1.96. The number of para-hydroxylation sites is 1. The van der Waals surface area contributed by atoms with E-state index in [1.165, 1.54) is 19.0 Å². The maximum atomic E-state index is 14.2. The van der Waals surface area contributed by atoms with Crippen LogP contribution in [0.25, 0.3) is 0 Å². The van der Waals surface area contributed by atoms with Gasteiger partial charge in [-0.2, -0.15) is 12.7 Å². The zero-order valence-electron chi connectivity index (χ0n) is 23.7. The highest BCUT2D eigenvalue weighted by Crippen LogP contribution is 2.22. The number of anilines is 1. The minimum Gasteiger partial charge on any atom is -0.497 e. The number of carbonyl (C=O) groups is 2. The Kier molecular flexibility index (Phi) is 10.7. The maximum absolute atomic E-state index is 14.2. The van der Waals surface area contributed by atoms with Gasteiger partial charge in [-0.05, 0) is 49.2 Å². The molecule has 0 saturated heterocycles. The monoisotopic (exact) mass is 566 g/mol. The van der Waals surface area contributed by atoms with Gasteiger partial charge >= 0.3 is 10.2 Å². The fourth-order valence-electron chi connectivity index (χ4n) is 4.21. The Morgan fingerprint density at radius 1 is 0.875 bits per heavy atom. The Morgan fingerprint density at radius 3 is 2.05 bits per heavy atom. The molecule has 9 nitrogen and oxygen atoms in total. The zero-order chi connectivity index (χ0) is 29.3. The second kappa shape index (κ2) is 14.0. The van der Waals surface area contributed by atoms with Crippen LogP contribution in [0.15, 0.2) is 84.9 Å². The molecule has 0 unspecified atom stereocenters. The van der Waals surface area contributed by atoms with Crippen LogP contribution in [-0.2, 0) is 32.8 Å². The van der Waals surface area contributed by atoms with Crippen molar-refractivity contribution in [2.45, 2.75) is 38.9 Å². The Labute approximate surface area is 237 Å². The highest BCUT2D eigenvalue weighted by atomic mass is 32.2. The molecule has 1 N–H and O–H groups in total. The number of amides is 2. The van der Waals surface area contributed by atoms with Gasteiger partial charge in [0.05, 0.1) is 12.8 Å². The standard InChI is InChI=1S/C30H38N4O5S/c1-23(2)31-30(36)28(20-24-13-8-6-9-14-24)33(21-25-15-12-18-27(19-25)39-5)29(35)22-34(40(37,38)32(3)4)26-16-10-7-11-17-26/h6-19,23,28H,20-22H2,1-5H3,(H,31,36)/t28-/m0/s1. The lowest BCUT2D eigenvalue weighted by molar-refractivity contribution is -0.140. The van der Waals surface area contributed by atoms with Gasteiger partial charge in [0.2, 0.25) is 11.8 Å². The van der Waals surface area contributed by atoms with Gasteiger partial charge in [-0.3, -0.25) is 9.59 Å². The molecule has 0 aliphatic carbocycles. The highest BCUT2D eigenvalue weighted by molar-refractivity contribution is 7.90. The van der Waals surface area contributed by atoms with Crippen LogP contribution in [0.3, 0.4) is 0 Å². The van der Waals surface area contributed by atoms with Crippen LogP contribution in [0.1, 0.15) is 25.0 Å². The van der Waals surface area contributed by atoms with Crippen LogP contribution < -0.4 is 14.4 Å². The number of rotatable bonds is 13. The van der Waals surface area contributed by atoms with E-state index < -0.39 is 28.7 Å². The summed E-state index contributed by atoms with van der Waals surface area (Å²) >= 11 is 0. The van der Waals surface area contributed by atoms with E-state index in [2.05, 4.69) is 5.32 Å². The molecule has 1 atom stereocenters. The second-order valence-electron chi connectivity index (χ2n) is 9.87. The number of nitrogens with one attached hydrogen (secondary N) is 1. The number of benzene rings is 3. The van der Waals surface area contributed by atoms with E-state index in [9.17, 15) is 18.0 Å². The topological polar surface area (TPSA) is 99.3 Å². The van der Waals surface area contributed by atoms with E-state index in [0.717, 1.165) is 19.7 Å². The fraction of sp³-hybridized carbons (Fsp3) is 0.333.